The average molecular weight is 126 g/mol. The Balaban J connectivity index is 2.92. The van der Waals surface area contributed by atoms with E-state index in [1.165, 1.54) is 0 Å². The van der Waals surface area contributed by atoms with Gasteiger partial charge in [0.2, 0.25) is 0 Å². The monoisotopic (exact) mass is 126 g/mol. The average Bonchev–Trinajstić information content (AvgIpc) is 1.89. The van der Waals surface area contributed by atoms with Gasteiger partial charge >= 0.3 is 0 Å². The summed E-state index contributed by atoms with van der Waals surface area (Å²) in [5.41, 5.74) is 0. The first-order valence-corrected chi connectivity index (χ1v) is 2.69. The quantitative estimate of drug-likeness (QED) is 0.331. The Labute approximate surface area is 55.1 Å². The second-order valence-corrected chi connectivity index (χ2v) is 1.37. The van der Waals surface area contributed by atoms with Crippen molar-refractivity contribution in [1.82, 2.24) is 0 Å². The zero-order valence-corrected chi connectivity index (χ0v) is 5.21. The molecule has 1 N–H and O–H groups in total. The van der Waals surface area contributed by atoms with E-state index in [0.717, 1.165) is 0 Å². The Hall–Kier alpha value is -0.780. The number of terminal acetylenes is 1. The van der Waals surface area contributed by atoms with Gasteiger partial charge in [-0.15, -0.1) is 6.42 Å². The van der Waals surface area contributed by atoms with Crippen molar-refractivity contribution in [1.29, 1.82) is 0 Å². The van der Waals surface area contributed by atoms with Crippen molar-refractivity contribution in [2.75, 3.05) is 19.8 Å². The summed E-state index contributed by atoms with van der Waals surface area (Å²) in [6, 6.07) is 0. The molecular weight excluding hydrogens is 116 g/mol. The van der Waals surface area contributed by atoms with Crippen LogP contribution in [0.4, 0.5) is 0 Å². The van der Waals surface area contributed by atoms with Crippen LogP contribution in [0.1, 0.15) is 0 Å². The van der Waals surface area contributed by atoms with Crippen molar-refractivity contribution in [3.05, 3.63) is 12.2 Å². The molecule has 0 aliphatic heterocycles. The van der Waals surface area contributed by atoms with E-state index in [4.69, 9.17) is 16.3 Å². The molecule has 0 saturated carbocycles. The lowest BCUT2D eigenvalue weighted by Gasteiger charge is -1.90. The van der Waals surface area contributed by atoms with Crippen LogP contribution in [-0.2, 0) is 4.74 Å². The van der Waals surface area contributed by atoms with Gasteiger partial charge in [-0.1, -0.05) is 18.1 Å². The highest BCUT2D eigenvalue weighted by molar-refractivity contribution is 4.85. The van der Waals surface area contributed by atoms with Crippen molar-refractivity contribution in [2.45, 2.75) is 0 Å². The van der Waals surface area contributed by atoms with Gasteiger partial charge in [-0.25, -0.2) is 0 Å². The Morgan fingerprint density at radius 3 is 2.89 bits per heavy atom. The maximum Gasteiger partial charge on any atom is 0.107 e. The fraction of sp³-hybridized carbons (Fsp3) is 0.429. The van der Waals surface area contributed by atoms with Gasteiger partial charge in [0.05, 0.1) is 13.2 Å². The van der Waals surface area contributed by atoms with Crippen LogP contribution in [0.15, 0.2) is 12.2 Å². The molecule has 0 aromatic rings. The molecule has 0 fully saturated rings. The second kappa shape index (κ2) is 7.22. The predicted molar refractivity (Wildman–Crippen MR) is 35.9 cm³/mol. The fourth-order valence-corrected chi connectivity index (χ4v) is 0.328. The Kier molecular flexibility index (Phi) is 6.59. The highest BCUT2D eigenvalue weighted by atomic mass is 16.5. The van der Waals surface area contributed by atoms with Crippen molar-refractivity contribution in [3.63, 3.8) is 0 Å². The van der Waals surface area contributed by atoms with Crippen LogP contribution in [0.5, 0.6) is 0 Å². The van der Waals surface area contributed by atoms with Crippen LogP contribution in [0.2, 0.25) is 0 Å². The van der Waals surface area contributed by atoms with Gasteiger partial charge in [0.25, 0.3) is 0 Å². The van der Waals surface area contributed by atoms with Crippen LogP contribution in [0.25, 0.3) is 0 Å². The summed E-state index contributed by atoms with van der Waals surface area (Å²) in [4.78, 5) is 0. The van der Waals surface area contributed by atoms with Gasteiger partial charge in [0, 0.05) is 0 Å². The van der Waals surface area contributed by atoms with E-state index in [-0.39, 0.29) is 6.61 Å². The number of hydrogen-bond donors (Lipinski definition) is 1. The molecule has 0 aliphatic carbocycles. The van der Waals surface area contributed by atoms with Crippen LogP contribution >= 0.6 is 0 Å². The maximum absolute atomic E-state index is 8.24. The third-order valence-electron chi connectivity index (χ3n) is 0.672. The molecule has 0 unspecified atom stereocenters. The minimum absolute atomic E-state index is 0.0550. The minimum atomic E-state index is 0.0550. The summed E-state index contributed by atoms with van der Waals surface area (Å²) >= 11 is 0. The van der Waals surface area contributed by atoms with Crippen molar-refractivity contribution < 1.29 is 9.84 Å². The van der Waals surface area contributed by atoms with Crippen molar-refractivity contribution >= 4 is 0 Å². The molecule has 0 saturated heterocycles. The van der Waals surface area contributed by atoms with E-state index < -0.39 is 0 Å². The third kappa shape index (κ3) is 7.22. The summed E-state index contributed by atoms with van der Waals surface area (Å²) in [5, 5.41) is 8.24. The third-order valence-corrected chi connectivity index (χ3v) is 0.672. The van der Waals surface area contributed by atoms with Gasteiger partial charge in [0.1, 0.15) is 6.61 Å². The van der Waals surface area contributed by atoms with Gasteiger partial charge in [0.15, 0.2) is 0 Å². The highest BCUT2D eigenvalue weighted by Gasteiger charge is 1.74. The lowest BCUT2D eigenvalue weighted by atomic mass is 10.5. The summed E-state index contributed by atoms with van der Waals surface area (Å²) in [5.74, 6) is 2.33. The van der Waals surface area contributed by atoms with Gasteiger partial charge in [-0.3, -0.25) is 0 Å². The van der Waals surface area contributed by atoms with E-state index in [2.05, 4.69) is 5.92 Å². The largest absolute Gasteiger partial charge is 0.392 e. The summed E-state index contributed by atoms with van der Waals surface area (Å²) in [6.07, 6.45) is 8.22. The first-order valence-electron chi connectivity index (χ1n) is 2.69. The molecule has 50 valence electrons. The molecular formula is C7H10O2. The van der Waals surface area contributed by atoms with Crippen molar-refractivity contribution in [2.24, 2.45) is 0 Å². The molecule has 9 heavy (non-hydrogen) atoms. The van der Waals surface area contributed by atoms with E-state index >= 15 is 0 Å². The standard InChI is InChI=1S/C7H10O2/c1-2-6-9-7-4-3-5-8/h1,3-4,8H,5-7H2/b4-3+. The Bertz CT molecular complexity index is 111. The molecule has 0 aliphatic rings. The van der Waals surface area contributed by atoms with E-state index in [1.807, 2.05) is 0 Å². The van der Waals surface area contributed by atoms with Crippen molar-refractivity contribution in [3.8, 4) is 12.3 Å². The number of ether oxygens (including phenoxy) is 1. The fourth-order valence-electron chi connectivity index (χ4n) is 0.328. The molecule has 0 bridgehead atoms. The van der Waals surface area contributed by atoms with Gasteiger partial charge in [-0.2, -0.15) is 0 Å². The molecule has 2 heteroatoms. The summed E-state index contributed by atoms with van der Waals surface area (Å²) in [6.45, 7) is 0.861. The smallest absolute Gasteiger partial charge is 0.107 e. The topological polar surface area (TPSA) is 29.5 Å². The molecule has 0 heterocycles. The molecule has 0 radical (unpaired) electrons. The first-order chi connectivity index (χ1) is 4.41. The predicted octanol–water partition coefficient (Wildman–Crippen LogP) is 0.185. The maximum atomic E-state index is 8.24. The van der Waals surface area contributed by atoms with Crippen LogP contribution < -0.4 is 0 Å². The van der Waals surface area contributed by atoms with E-state index in [0.29, 0.717) is 13.2 Å². The second-order valence-electron chi connectivity index (χ2n) is 1.37. The molecule has 0 rings (SSSR count). The summed E-state index contributed by atoms with van der Waals surface area (Å²) in [7, 11) is 0. The number of aliphatic hydroxyl groups excluding tert-OH is 1. The number of aliphatic hydroxyl groups is 1. The van der Waals surface area contributed by atoms with Gasteiger partial charge in [-0.05, 0) is 0 Å². The normalized spacial score (nSPS) is 9.78. The lowest BCUT2D eigenvalue weighted by molar-refractivity contribution is 0.198. The molecule has 0 spiro atoms. The van der Waals surface area contributed by atoms with E-state index in [1.54, 1.807) is 12.2 Å². The molecule has 2 nitrogen and oxygen atoms in total. The summed E-state index contributed by atoms with van der Waals surface area (Å²) < 4.78 is 4.85. The lowest BCUT2D eigenvalue weighted by Crippen LogP contribution is -1.90. The Morgan fingerprint density at radius 1 is 1.56 bits per heavy atom. The van der Waals surface area contributed by atoms with Crippen LogP contribution in [0.3, 0.4) is 0 Å². The van der Waals surface area contributed by atoms with Crippen LogP contribution in [-0.4, -0.2) is 24.9 Å². The van der Waals surface area contributed by atoms with E-state index in [9.17, 15) is 0 Å². The molecule has 0 atom stereocenters. The number of rotatable bonds is 4. The zero-order chi connectivity index (χ0) is 6.95. The highest BCUT2D eigenvalue weighted by Crippen LogP contribution is 1.74. The SMILES string of the molecule is C#CCOC/C=C/CO. The number of hydrogen-bond acceptors (Lipinski definition) is 2. The van der Waals surface area contributed by atoms with Crippen LogP contribution in [0, 0.1) is 12.3 Å². The first kappa shape index (κ1) is 8.22. The Morgan fingerprint density at radius 2 is 2.33 bits per heavy atom. The zero-order valence-electron chi connectivity index (χ0n) is 5.21. The minimum Gasteiger partial charge on any atom is -0.392 e. The molecule has 0 aromatic heterocycles. The van der Waals surface area contributed by atoms with Gasteiger partial charge < -0.3 is 9.84 Å². The molecule has 0 amide bonds. The molecule has 0 aromatic carbocycles.